The summed E-state index contributed by atoms with van der Waals surface area (Å²) in [6.45, 7) is 4.20. The van der Waals surface area contributed by atoms with Crippen LogP contribution >= 0.6 is 11.6 Å². The molecule has 4 heteroatoms. The predicted molar refractivity (Wildman–Crippen MR) is 84.1 cm³/mol. The Kier molecular flexibility index (Phi) is 3.14. The summed E-state index contributed by atoms with van der Waals surface area (Å²) < 4.78 is 2.04. The van der Waals surface area contributed by atoms with E-state index in [1.807, 2.05) is 22.8 Å². The van der Waals surface area contributed by atoms with Gasteiger partial charge in [-0.3, -0.25) is 0 Å². The number of anilines is 1. The van der Waals surface area contributed by atoms with Crippen molar-refractivity contribution < 1.29 is 0 Å². The molecule has 102 valence electrons. The maximum absolute atomic E-state index is 6.08. The van der Waals surface area contributed by atoms with E-state index >= 15 is 0 Å². The lowest BCUT2D eigenvalue weighted by Gasteiger charge is -2.16. The van der Waals surface area contributed by atoms with Gasteiger partial charge in [-0.2, -0.15) is 0 Å². The van der Waals surface area contributed by atoms with Crippen molar-refractivity contribution in [1.29, 1.82) is 0 Å². The molecule has 0 fully saturated rings. The molecule has 0 saturated carbocycles. The van der Waals surface area contributed by atoms with E-state index in [4.69, 9.17) is 17.3 Å². The minimum absolute atomic E-state index is 0.127. The van der Waals surface area contributed by atoms with Crippen LogP contribution in [-0.2, 0) is 0 Å². The third kappa shape index (κ3) is 2.14. The Morgan fingerprint density at radius 3 is 2.55 bits per heavy atom. The first-order chi connectivity index (χ1) is 9.56. The van der Waals surface area contributed by atoms with Crippen LogP contribution in [0.25, 0.3) is 11.0 Å². The van der Waals surface area contributed by atoms with Crippen LogP contribution in [0.5, 0.6) is 0 Å². The molecule has 2 N–H and O–H groups in total. The number of hydrogen-bond donors (Lipinski definition) is 1. The Labute approximate surface area is 123 Å². The van der Waals surface area contributed by atoms with E-state index in [9.17, 15) is 0 Å². The number of rotatable bonds is 2. The van der Waals surface area contributed by atoms with Gasteiger partial charge in [-0.05, 0) is 37.6 Å². The number of halogens is 1. The summed E-state index contributed by atoms with van der Waals surface area (Å²) in [6.07, 6.45) is 0. The standard InChI is InChI=1S/C16H16ClN3/c1-10-3-5-12(6-4-10)11(2)20-15-8-7-13(17)9-14(15)19-16(20)18/h3-9,11H,1-2H3,(H2,18,19). The lowest BCUT2D eigenvalue weighted by molar-refractivity contribution is 0.667. The van der Waals surface area contributed by atoms with Crippen molar-refractivity contribution in [3.8, 4) is 0 Å². The van der Waals surface area contributed by atoms with Crippen molar-refractivity contribution in [2.24, 2.45) is 0 Å². The molecule has 1 heterocycles. The molecule has 20 heavy (non-hydrogen) atoms. The number of imidazole rings is 1. The molecule has 1 unspecified atom stereocenters. The minimum atomic E-state index is 0.127. The van der Waals surface area contributed by atoms with Gasteiger partial charge < -0.3 is 10.3 Å². The Morgan fingerprint density at radius 1 is 1.15 bits per heavy atom. The summed E-state index contributed by atoms with van der Waals surface area (Å²) >= 11 is 6.00. The average molecular weight is 286 g/mol. The largest absolute Gasteiger partial charge is 0.369 e. The lowest BCUT2D eigenvalue weighted by atomic mass is 10.1. The number of fused-ring (bicyclic) bond motifs is 1. The molecular weight excluding hydrogens is 270 g/mol. The third-order valence-corrected chi connectivity index (χ3v) is 3.86. The Bertz CT molecular complexity index is 759. The summed E-state index contributed by atoms with van der Waals surface area (Å²) in [5, 5.41) is 0.671. The second-order valence-corrected chi connectivity index (χ2v) is 5.50. The van der Waals surface area contributed by atoms with Gasteiger partial charge in [0.25, 0.3) is 0 Å². The molecule has 0 aliphatic rings. The number of nitrogen functional groups attached to an aromatic ring is 1. The summed E-state index contributed by atoms with van der Waals surface area (Å²) in [7, 11) is 0. The maximum atomic E-state index is 6.08. The number of nitrogens with two attached hydrogens (primary N) is 1. The van der Waals surface area contributed by atoms with Crippen molar-refractivity contribution in [3.63, 3.8) is 0 Å². The highest BCUT2D eigenvalue weighted by molar-refractivity contribution is 6.31. The van der Waals surface area contributed by atoms with Crippen LogP contribution in [0, 0.1) is 6.92 Å². The quantitative estimate of drug-likeness (QED) is 0.767. The molecule has 0 aliphatic heterocycles. The van der Waals surface area contributed by atoms with E-state index in [1.165, 1.54) is 11.1 Å². The summed E-state index contributed by atoms with van der Waals surface area (Å²) in [6, 6.07) is 14.3. The zero-order valence-electron chi connectivity index (χ0n) is 11.5. The van der Waals surface area contributed by atoms with E-state index in [0.717, 1.165) is 11.0 Å². The van der Waals surface area contributed by atoms with Crippen molar-refractivity contribution in [2.75, 3.05) is 5.73 Å². The topological polar surface area (TPSA) is 43.8 Å². The maximum Gasteiger partial charge on any atom is 0.201 e. The molecule has 0 radical (unpaired) electrons. The van der Waals surface area contributed by atoms with Gasteiger partial charge in [-0.25, -0.2) is 4.98 Å². The summed E-state index contributed by atoms with van der Waals surface area (Å²) in [5.41, 5.74) is 10.4. The number of aryl methyl sites for hydroxylation is 1. The van der Waals surface area contributed by atoms with Crippen molar-refractivity contribution in [3.05, 3.63) is 58.6 Å². The van der Waals surface area contributed by atoms with Gasteiger partial charge in [-0.15, -0.1) is 0 Å². The fourth-order valence-corrected chi connectivity index (χ4v) is 2.66. The zero-order valence-corrected chi connectivity index (χ0v) is 12.2. The number of nitrogens with zero attached hydrogens (tertiary/aromatic N) is 2. The van der Waals surface area contributed by atoms with E-state index in [-0.39, 0.29) is 6.04 Å². The highest BCUT2D eigenvalue weighted by atomic mass is 35.5. The van der Waals surface area contributed by atoms with Crippen LogP contribution in [-0.4, -0.2) is 9.55 Å². The Balaban J connectivity index is 2.13. The molecular formula is C16H16ClN3. The second-order valence-electron chi connectivity index (χ2n) is 5.06. The Hall–Kier alpha value is -2.00. The first-order valence-corrected chi connectivity index (χ1v) is 6.93. The number of benzene rings is 2. The monoisotopic (exact) mass is 285 g/mol. The van der Waals surface area contributed by atoms with Crippen molar-refractivity contribution in [1.82, 2.24) is 9.55 Å². The lowest BCUT2D eigenvalue weighted by Crippen LogP contribution is -2.10. The molecule has 2 aromatic carbocycles. The fourth-order valence-electron chi connectivity index (χ4n) is 2.49. The van der Waals surface area contributed by atoms with Crippen molar-refractivity contribution >= 4 is 28.6 Å². The molecule has 0 amide bonds. The van der Waals surface area contributed by atoms with Gasteiger partial charge >= 0.3 is 0 Å². The number of hydrogen-bond acceptors (Lipinski definition) is 2. The van der Waals surface area contributed by atoms with Gasteiger partial charge in [0, 0.05) is 5.02 Å². The van der Waals surface area contributed by atoms with Crippen LogP contribution < -0.4 is 5.73 Å². The van der Waals surface area contributed by atoms with Crippen LogP contribution in [0.1, 0.15) is 24.1 Å². The predicted octanol–water partition coefficient (Wildman–Crippen LogP) is 4.19. The van der Waals surface area contributed by atoms with Crippen LogP contribution in [0.15, 0.2) is 42.5 Å². The van der Waals surface area contributed by atoms with Gasteiger partial charge in [0.2, 0.25) is 5.95 Å². The third-order valence-electron chi connectivity index (χ3n) is 3.63. The molecule has 1 atom stereocenters. The second kappa shape index (κ2) is 4.84. The number of aromatic nitrogens is 2. The first-order valence-electron chi connectivity index (χ1n) is 6.56. The summed E-state index contributed by atoms with van der Waals surface area (Å²) in [5.74, 6) is 0.510. The van der Waals surface area contributed by atoms with Crippen molar-refractivity contribution in [2.45, 2.75) is 19.9 Å². The normalized spacial score (nSPS) is 12.8. The minimum Gasteiger partial charge on any atom is -0.369 e. The molecule has 3 aromatic rings. The molecule has 0 spiro atoms. The summed E-state index contributed by atoms with van der Waals surface area (Å²) in [4.78, 5) is 4.39. The van der Waals surface area contributed by atoms with E-state index in [0.29, 0.717) is 11.0 Å². The fraction of sp³-hybridized carbons (Fsp3) is 0.188. The van der Waals surface area contributed by atoms with Gasteiger partial charge in [-0.1, -0.05) is 41.4 Å². The van der Waals surface area contributed by atoms with Crippen LogP contribution in [0.2, 0.25) is 5.02 Å². The molecule has 3 nitrogen and oxygen atoms in total. The molecule has 1 aromatic heterocycles. The van der Waals surface area contributed by atoms with Gasteiger partial charge in [0.05, 0.1) is 17.1 Å². The smallest absolute Gasteiger partial charge is 0.201 e. The highest BCUT2D eigenvalue weighted by Gasteiger charge is 2.15. The SMILES string of the molecule is Cc1ccc(C(C)n2c(N)nc3cc(Cl)ccc32)cc1. The van der Waals surface area contributed by atoms with E-state index < -0.39 is 0 Å². The van der Waals surface area contributed by atoms with Crippen LogP contribution in [0.3, 0.4) is 0 Å². The molecule has 0 aliphatic carbocycles. The Morgan fingerprint density at radius 2 is 1.85 bits per heavy atom. The van der Waals surface area contributed by atoms with E-state index in [1.54, 1.807) is 0 Å². The first kappa shape index (κ1) is 13.0. The van der Waals surface area contributed by atoms with Crippen LogP contribution in [0.4, 0.5) is 5.95 Å². The molecule has 3 rings (SSSR count). The molecule has 0 saturated heterocycles. The van der Waals surface area contributed by atoms with Gasteiger partial charge in [0.15, 0.2) is 0 Å². The van der Waals surface area contributed by atoms with Gasteiger partial charge in [0.1, 0.15) is 0 Å². The highest BCUT2D eigenvalue weighted by Crippen LogP contribution is 2.28. The van der Waals surface area contributed by atoms with E-state index in [2.05, 4.69) is 43.1 Å². The molecule has 0 bridgehead atoms. The zero-order chi connectivity index (χ0) is 14.3. The average Bonchev–Trinajstić information content (AvgIpc) is 2.73.